The second-order valence-electron chi connectivity index (χ2n) is 4.33. The van der Waals surface area contributed by atoms with Crippen molar-refractivity contribution in [1.29, 1.82) is 0 Å². The Bertz CT molecular complexity index is 475. The van der Waals surface area contributed by atoms with Crippen molar-refractivity contribution in [2.45, 2.75) is 38.5 Å². The van der Waals surface area contributed by atoms with E-state index < -0.39 is 10.8 Å². The predicted molar refractivity (Wildman–Crippen MR) is 77.2 cm³/mol. The number of esters is 1. The fraction of sp³-hybridized carbons (Fsp3) is 0.400. The number of aryl methyl sites for hydroxylation is 1. The molecule has 0 amide bonds. The van der Waals surface area contributed by atoms with Gasteiger partial charge in [0, 0.05) is 23.6 Å². The van der Waals surface area contributed by atoms with Gasteiger partial charge in [-0.25, -0.2) is 4.21 Å². The van der Waals surface area contributed by atoms with Crippen LogP contribution < -0.4 is 0 Å². The van der Waals surface area contributed by atoms with Crippen LogP contribution in [0.5, 0.6) is 0 Å². The van der Waals surface area contributed by atoms with E-state index in [0.29, 0.717) is 13.0 Å². The summed E-state index contributed by atoms with van der Waals surface area (Å²) >= 11 is 0. The van der Waals surface area contributed by atoms with Crippen molar-refractivity contribution < 1.29 is 13.7 Å². The minimum absolute atomic E-state index is 0.282. The summed E-state index contributed by atoms with van der Waals surface area (Å²) in [4.78, 5) is 11.5. The molecule has 0 aliphatic heterocycles. The van der Waals surface area contributed by atoms with Crippen LogP contribution in [0.2, 0.25) is 0 Å². The smallest absolute Gasteiger partial charge is 0.302 e. The summed E-state index contributed by atoms with van der Waals surface area (Å²) in [6.45, 7) is 5.74. The van der Waals surface area contributed by atoms with Crippen LogP contribution >= 0.6 is 0 Å². The van der Waals surface area contributed by atoms with Gasteiger partial charge in [0.2, 0.25) is 0 Å². The van der Waals surface area contributed by atoms with Gasteiger partial charge < -0.3 is 4.74 Å². The second-order valence-corrected chi connectivity index (χ2v) is 5.63. The highest BCUT2D eigenvalue weighted by Crippen LogP contribution is 2.14. The van der Waals surface area contributed by atoms with E-state index in [1.165, 1.54) is 6.92 Å². The molecule has 0 N–H and O–H groups in total. The molecule has 4 heteroatoms. The average molecular weight is 280 g/mol. The normalized spacial score (nSPS) is 13.1. The number of rotatable bonds is 6. The molecule has 0 aliphatic rings. The fourth-order valence-electron chi connectivity index (χ4n) is 1.54. The Labute approximate surface area is 117 Å². The highest BCUT2D eigenvalue weighted by molar-refractivity contribution is 7.88. The first-order valence-electron chi connectivity index (χ1n) is 6.33. The Morgan fingerprint density at radius 3 is 2.47 bits per heavy atom. The van der Waals surface area contributed by atoms with Gasteiger partial charge in [-0.15, -0.1) is 0 Å². The van der Waals surface area contributed by atoms with Crippen molar-refractivity contribution in [3.63, 3.8) is 0 Å². The van der Waals surface area contributed by atoms with Crippen LogP contribution in [-0.2, 0) is 20.3 Å². The number of benzene rings is 1. The van der Waals surface area contributed by atoms with Crippen LogP contribution in [0.25, 0.3) is 0 Å². The number of hydrogen-bond donors (Lipinski definition) is 0. The third-order valence-corrected chi connectivity index (χ3v) is 3.99. The molecule has 1 atom stereocenters. The predicted octanol–water partition coefficient (Wildman–Crippen LogP) is 3.35. The first kappa shape index (κ1) is 15.6. The lowest BCUT2D eigenvalue weighted by Crippen LogP contribution is -2.02. The standard InChI is InChI=1S/C15H20O3S/c1-4-14(9-10-18-13(3)16)11-19(17)15-7-5-12(2)6-8-15/h5-8,11H,4,9-10H2,1-3H3/b14-11-/t19-/m1/s1. The molecule has 104 valence electrons. The number of ether oxygens (including phenoxy) is 1. The maximum Gasteiger partial charge on any atom is 0.302 e. The topological polar surface area (TPSA) is 43.4 Å². The minimum atomic E-state index is -1.14. The molecule has 0 fully saturated rings. The molecule has 1 rings (SSSR count). The van der Waals surface area contributed by atoms with Crippen LogP contribution in [0.4, 0.5) is 0 Å². The third-order valence-electron chi connectivity index (χ3n) is 2.71. The van der Waals surface area contributed by atoms with Crippen molar-refractivity contribution in [3.8, 4) is 0 Å². The number of carbonyl (C=O) groups is 1. The summed E-state index contributed by atoms with van der Waals surface area (Å²) in [5.41, 5.74) is 2.19. The molecular formula is C15H20O3S. The van der Waals surface area contributed by atoms with E-state index in [0.717, 1.165) is 22.5 Å². The van der Waals surface area contributed by atoms with E-state index in [4.69, 9.17) is 4.74 Å². The highest BCUT2D eigenvalue weighted by atomic mass is 32.2. The lowest BCUT2D eigenvalue weighted by atomic mass is 10.2. The van der Waals surface area contributed by atoms with Gasteiger partial charge in [-0.1, -0.05) is 30.2 Å². The molecule has 0 spiro atoms. The van der Waals surface area contributed by atoms with Gasteiger partial charge in [0.1, 0.15) is 0 Å². The molecule has 0 saturated carbocycles. The van der Waals surface area contributed by atoms with Crippen molar-refractivity contribution in [3.05, 3.63) is 40.8 Å². The van der Waals surface area contributed by atoms with Crippen molar-refractivity contribution >= 4 is 16.8 Å². The Morgan fingerprint density at radius 1 is 1.32 bits per heavy atom. The van der Waals surface area contributed by atoms with Crippen LogP contribution in [0.1, 0.15) is 32.3 Å². The fourth-order valence-corrected chi connectivity index (χ4v) is 2.66. The van der Waals surface area contributed by atoms with Gasteiger partial charge in [-0.05, 0) is 25.5 Å². The zero-order valence-electron chi connectivity index (χ0n) is 11.6. The van der Waals surface area contributed by atoms with Crippen molar-refractivity contribution in [2.75, 3.05) is 6.61 Å². The van der Waals surface area contributed by atoms with E-state index in [2.05, 4.69) is 0 Å². The van der Waals surface area contributed by atoms with Crippen molar-refractivity contribution in [1.82, 2.24) is 0 Å². The summed E-state index contributed by atoms with van der Waals surface area (Å²) in [6, 6.07) is 7.65. The Kier molecular flexibility index (Phi) is 6.50. The van der Waals surface area contributed by atoms with Gasteiger partial charge in [-0.3, -0.25) is 4.79 Å². The molecule has 0 aromatic heterocycles. The van der Waals surface area contributed by atoms with E-state index >= 15 is 0 Å². The van der Waals surface area contributed by atoms with E-state index in [1.54, 1.807) is 5.41 Å². The maximum absolute atomic E-state index is 12.1. The Hall–Kier alpha value is -1.42. The Balaban J connectivity index is 2.66. The van der Waals surface area contributed by atoms with Crippen LogP contribution in [0.15, 0.2) is 40.1 Å². The zero-order chi connectivity index (χ0) is 14.3. The molecule has 0 radical (unpaired) electrons. The number of carbonyl (C=O) groups excluding carboxylic acids is 1. The van der Waals surface area contributed by atoms with Crippen LogP contribution in [0, 0.1) is 6.92 Å². The van der Waals surface area contributed by atoms with Gasteiger partial charge in [0.25, 0.3) is 0 Å². The molecular weight excluding hydrogens is 260 g/mol. The highest BCUT2D eigenvalue weighted by Gasteiger charge is 2.03. The van der Waals surface area contributed by atoms with Crippen LogP contribution in [-0.4, -0.2) is 16.8 Å². The second kappa shape index (κ2) is 7.89. The van der Waals surface area contributed by atoms with Gasteiger partial charge in [-0.2, -0.15) is 0 Å². The largest absolute Gasteiger partial charge is 0.466 e. The molecule has 0 aliphatic carbocycles. The molecule has 19 heavy (non-hydrogen) atoms. The summed E-state index contributed by atoms with van der Waals surface area (Å²) < 4.78 is 17.0. The quantitative estimate of drug-likeness (QED) is 0.751. The lowest BCUT2D eigenvalue weighted by molar-refractivity contribution is -0.140. The van der Waals surface area contributed by atoms with Gasteiger partial charge >= 0.3 is 5.97 Å². The summed E-state index contributed by atoms with van der Waals surface area (Å²) in [5.74, 6) is -0.282. The summed E-state index contributed by atoms with van der Waals surface area (Å²) in [5, 5.41) is 1.76. The zero-order valence-corrected chi connectivity index (χ0v) is 12.5. The first-order chi connectivity index (χ1) is 9.02. The molecule has 1 aromatic carbocycles. The summed E-state index contributed by atoms with van der Waals surface area (Å²) in [7, 11) is -1.14. The molecule has 0 heterocycles. The van der Waals surface area contributed by atoms with E-state index in [-0.39, 0.29) is 5.97 Å². The van der Waals surface area contributed by atoms with Crippen LogP contribution in [0.3, 0.4) is 0 Å². The first-order valence-corrected chi connectivity index (χ1v) is 7.54. The maximum atomic E-state index is 12.1. The SMILES string of the molecule is CC/C(=C/[S@@](=O)c1ccc(C)cc1)CCOC(C)=O. The molecule has 1 aromatic rings. The van der Waals surface area contributed by atoms with Gasteiger partial charge in [0.05, 0.1) is 17.4 Å². The average Bonchev–Trinajstić information content (AvgIpc) is 2.37. The minimum Gasteiger partial charge on any atom is -0.466 e. The van der Waals surface area contributed by atoms with Crippen molar-refractivity contribution in [2.24, 2.45) is 0 Å². The molecule has 3 nitrogen and oxygen atoms in total. The summed E-state index contributed by atoms with van der Waals surface area (Å²) in [6.07, 6.45) is 1.44. The monoisotopic (exact) mass is 280 g/mol. The number of hydrogen-bond acceptors (Lipinski definition) is 3. The third kappa shape index (κ3) is 5.83. The van der Waals surface area contributed by atoms with E-state index in [9.17, 15) is 9.00 Å². The van der Waals surface area contributed by atoms with E-state index in [1.807, 2.05) is 38.1 Å². The Morgan fingerprint density at radius 2 is 1.95 bits per heavy atom. The molecule has 0 bridgehead atoms. The lowest BCUT2D eigenvalue weighted by Gasteiger charge is -2.05. The molecule has 0 unspecified atom stereocenters. The van der Waals surface area contributed by atoms with Gasteiger partial charge in [0.15, 0.2) is 0 Å². The molecule has 0 saturated heterocycles.